The summed E-state index contributed by atoms with van der Waals surface area (Å²) in [6.07, 6.45) is 0.665. The summed E-state index contributed by atoms with van der Waals surface area (Å²) in [6, 6.07) is 19.5. The number of methoxy groups -OCH3 is 1. The standard InChI is InChI=1S/C27H30N2O5S2/c1-32-13-6-12-28(27(31)19-36-22-7-3-2-4-8-22)18-26(30)29(17-23-9-5-14-35-23)16-21-10-11-24-25(15-21)34-20-33-24/h2-5,7-11,14-15H,6,12-13,16-20H2,1H3. The van der Waals surface area contributed by atoms with Gasteiger partial charge in [-0.05, 0) is 47.7 Å². The van der Waals surface area contributed by atoms with Gasteiger partial charge in [0.1, 0.15) is 0 Å². The van der Waals surface area contributed by atoms with E-state index in [9.17, 15) is 9.59 Å². The van der Waals surface area contributed by atoms with Crippen molar-refractivity contribution in [2.45, 2.75) is 24.4 Å². The SMILES string of the molecule is COCCCN(CC(=O)N(Cc1ccc2c(c1)OCO2)Cc1cccs1)C(=O)CSc1ccccc1. The molecule has 3 aromatic rings. The van der Waals surface area contributed by atoms with Crippen LogP contribution in [0.4, 0.5) is 0 Å². The fourth-order valence-corrected chi connectivity index (χ4v) is 5.33. The lowest BCUT2D eigenvalue weighted by Crippen LogP contribution is -2.43. The molecule has 4 rings (SSSR count). The molecule has 0 radical (unpaired) electrons. The Hall–Kier alpha value is -3.01. The fourth-order valence-electron chi connectivity index (χ4n) is 3.79. The molecule has 36 heavy (non-hydrogen) atoms. The largest absolute Gasteiger partial charge is 0.454 e. The van der Waals surface area contributed by atoms with E-state index in [0.29, 0.717) is 44.2 Å². The zero-order valence-corrected chi connectivity index (χ0v) is 21.9. The van der Waals surface area contributed by atoms with Crippen LogP contribution in [0.3, 0.4) is 0 Å². The Balaban J connectivity index is 1.45. The number of rotatable bonds is 13. The number of carbonyl (C=O) groups is 2. The molecule has 1 aromatic heterocycles. The van der Waals surface area contributed by atoms with Crippen molar-refractivity contribution in [2.24, 2.45) is 0 Å². The highest BCUT2D eigenvalue weighted by Gasteiger charge is 2.23. The van der Waals surface area contributed by atoms with E-state index >= 15 is 0 Å². The third kappa shape index (κ3) is 7.49. The number of thiophene rings is 1. The Morgan fingerprint density at radius 3 is 2.58 bits per heavy atom. The molecule has 0 atom stereocenters. The van der Waals surface area contributed by atoms with Crippen LogP contribution >= 0.6 is 23.1 Å². The van der Waals surface area contributed by atoms with Crippen LogP contribution in [0.25, 0.3) is 0 Å². The highest BCUT2D eigenvalue weighted by atomic mass is 32.2. The first-order valence-electron chi connectivity index (χ1n) is 11.8. The number of nitrogens with zero attached hydrogens (tertiary/aromatic N) is 2. The molecule has 0 N–H and O–H groups in total. The third-order valence-electron chi connectivity index (χ3n) is 5.65. The fraction of sp³-hybridized carbons (Fsp3) is 0.333. The van der Waals surface area contributed by atoms with Gasteiger partial charge in [0.05, 0.1) is 18.8 Å². The second-order valence-corrected chi connectivity index (χ2v) is 10.4. The number of benzene rings is 2. The smallest absolute Gasteiger partial charge is 0.242 e. The van der Waals surface area contributed by atoms with Crippen molar-refractivity contribution in [1.82, 2.24) is 9.80 Å². The summed E-state index contributed by atoms with van der Waals surface area (Å²) in [6.45, 7) is 2.10. The Labute approximate surface area is 220 Å². The van der Waals surface area contributed by atoms with Crippen molar-refractivity contribution in [1.29, 1.82) is 0 Å². The predicted octanol–water partition coefficient (Wildman–Crippen LogP) is 4.66. The summed E-state index contributed by atoms with van der Waals surface area (Å²) in [5.74, 6) is 1.51. The molecule has 190 valence electrons. The molecule has 2 heterocycles. The van der Waals surface area contributed by atoms with Crippen molar-refractivity contribution in [3.63, 3.8) is 0 Å². The van der Waals surface area contributed by atoms with Crippen LogP contribution in [-0.2, 0) is 27.4 Å². The summed E-state index contributed by atoms with van der Waals surface area (Å²) in [7, 11) is 1.64. The lowest BCUT2D eigenvalue weighted by molar-refractivity contribution is -0.140. The highest BCUT2D eigenvalue weighted by Crippen LogP contribution is 2.33. The highest BCUT2D eigenvalue weighted by molar-refractivity contribution is 8.00. The lowest BCUT2D eigenvalue weighted by Gasteiger charge is -2.28. The second kappa shape index (κ2) is 13.3. The molecule has 0 bridgehead atoms. The molecule has 2 aromatic carbocycles. The summed E-state index contributed by atoms with van der Waals surface area (Å²) in [4.78, 5) is 32.3. The first-order chi connectivity index (χ1) is 17.6. The molecule has 0 fully saturated rings. The maximum absolute atomic E-state index is 13.6. The number of hydrogen-bond acceptors (Lipinski definition) is 7. The topological polar surface area (TPSA) is 68.3 Å². The molecule has 1 aliphatic rings. The molecular weight excluding hydrogens is 496 g/mol. The third-order valence-corrected chi connectivity index (χ3v) is 7.51. The molecule has 9 heteroatoms. The van der Waals surface area contributed by atoms with Gasteiger partial charge in [-0.2, -0.15) is 0 Å². The van der Waals surface area contributed by atoms with Crippen LogP contribution in [0, 0.1) is 0 Å². The number of carbonyl (C=O) groups excluding carboxylic acids is 2. The summed E-state index contributed by atoms with van der Waals surface area (Å²) < 4.78 is 16.1. The number of hydrogen-bond donors (Lipinski definition) is 0. The molecule has 0 saturated carbocycles. The van der Waals surface area contributed by atoms with Gasteiger partial charge in [-0.1, -0.05) is 30.3 Å². The van der Waals surface area contributed by atoms with Crippen LogP contribution in [0.15, 0.2) is 70.9 Å². The van der Waals surface area contributed by atoms with Gasteiger partial charge in [-0.25, -0.2) is 0 Å². The van der Waals surface area contributed by atoms with E-state index in [0.717, 1.165) is 15.3 Å². The molecule has 0 aliphatic carbocycles. The monoisotopic (exact) mass is 526 g/mol. The minimum atomic E-state index is -0.100. The van der Waals surface area contributed by atoms with E-state index in [1.807, 2.05) is 66.0 Å². The van der Waals surface area contributed by atoms with Crippen molar-refractivity contribution >= 4 is 34.9 Å². The van der Waals surface area contributed by atoms with Gasteiger partial charge >= 0.3 is 0 Å². The summed E-state index contributed by atoms with van der Waals surface area (Å²) in [5, 5.41) is 2.00. The zero-order chi connectivity index (χ0) is 25.2. The second-order valence-electron chi connectivity index (χ2n) is 8.28. The molecule has 1 aliphatic heterocycles. The molecule has 0 unspecified atom stereocenters. The van der Waals surface area contributed by atoms with Gasteiger partial charge in [0.2, 0.25) is 18.6 Å². The maximum Gasteiger partial charge on any atom is 0.242 e. The Morgan fingerprint density at radius 2 is 1.81 bits per heavy atom. The van der Waals surface area contributed by atoms with Crippen LogP contribution in [0.1, 0.15) is 16.9 Å². The molecule has 0 spiro atoms. The van der Waals surface area contributed by atoms with Gasteiger partial charge in [-0.3, -0.25) is 9.59 Å². The molecule has 0 saturated heterocycles. The van der Waals surface area contributed by atoms with Gasteiger partial charge < -0.3 is 24.0 Å². The van der Waals surface area contributed by atoms with E-state index in [1.165, 1.54) is 11.8 Å². The van der Waals surface area contributed by atoms with Crippen molar-refractivity contribution in [3.05, 3.63) is 76.5 Å². The molecule has 2 amide bonds. The quantitative estimate of drug-likeness (QED) is 0.238. The Bertz CT molecular complexity index is 1120. The van der Waals surface area contributed by atoms with E-state index in [2.05, 4.69) is 0 Å². The van der Waals surface area contributed by atoms with Crippen LogP contribution in [-0.4, -0.2) is 61.0 Å². The van der Waals surface area contributed by atoms with E-state index in [-0.39, 0.29) is 30.9 Å². The van der Waals surface area contributed by atoms with Gasteiger partial charge in [0.25, 0.3) is 0 Å². The van der Waals surface area contributed by atoms with Gasteiger partial charge in [-0.15, -0.1) is 23.1 Å². The minimum Gasteiger partial charge on any atom is -0.454 e. The maximum atomic E-state index is 13.6. The summed E-state index contributed by atoms with van der Waals surface area (Å²) in [5.41, 5.74) is 0.945. The number of ether oxygens (including phenoxy) is 3. The average molecular weight is 527 g/mol. The molecule has 7 nitrogen and oxygen atoms in total. The van der Waals surface area contributed by atoms with Crippen LogP contribution in [0.2, 0.25) is 0 Å². The van der Waals surface area contributed by atoms with Gasteiger partial charge in [0.15, 0.2) is 11.5 Å². The van der Waals surface area contributed by atoms with Gasteiger partial charge in [0, 0.05) is 36.6 Å². The van der Waals surface area contributed by atoms with Crippen molar-refractivity contribution in [2.75, 3.05) is 39.4 Å². The first-order valence-corrected chi connectivity index (χ1v) is 13.6. The van der Waals surface area contributed by atoms with Crippen molar-refractivity contribution in [3.8, 4) is 11.5 Å². The minimum absolute atomic E-state index is 0.0217. The van der Waals surface area contributed by atoms with Crippen LogP contribution in [0.5, 0.6) is 11.5 Å². The lowest BCUT2D eigenvalue weighted by atomic mass is 10.2. The van der Waals surface area contributed by atoms with E-state index in [1.54, 1.807) is 28.2 Å². The van der Waals surface area contributed by atoms with E-state index in [4.69, 9.17) is 14.2 Å². The molecular formula is C27H30N2O5S2. The van der Waals surface area contributed by atoms with Crippen LogP contribution < -0.4 is 9.47 Å². The zero-order valence-electron chi connectivity index (χ0n) is 20.3. The number of thioether (sulfide) groups is 1. The Kier molecular flexibility index (Phi) is 9.66. The predicted molar refractivity (Wildman–Crippen MR) is 141 cm³/mol. The number of amides is 2. The van der Waals surface area contributed by atoms with E-state index < -0.39 is 0 Å². The number of fused-ring (bicyclic) bond motifs is 1. The normalized spacial score (nSPS) is 11.9. The average Bonchev–Trinajstić information content (AvgIpc) is 3.59. The first kappa shape index (κ1) is 26.1. The Morgan fingerprint density at radius 1 is 0.972 bits per heavy atom. The van der Waals surface area contributed by atoms with Crippen molar-refractivity contribution < 1.29 is 23.8 Å². The summed E-state index contributed by atoms with van der Waals surface area (Å²) >= 11 is 3.09.